The Morgan fingerprint density at radius 3 is 2.43 bits per heavy atom. The van der Waals surface area contributed by atoms with Crippen molar-refractivity contribution < 1.29 is 15.0 Å². The van der Waals surface area contributed by atoms with E-state index in [1.54, 1.807) is 0 Å². The van der Waals surface area contributed by atoms with E-state index in [0.717, 1.165) is 102 Å². The Bertz CT molecular complexity index is 1300. The Kier molecular flexibility index (Phi) is 11.1. The highest BCUT2D eigenvalue weighted by Crippen LogP contribution is 2.65. The van der Waals surface area contributed by atoms with Crippen molar-refractivity contribution in [1.82, 2.24) is 4.90 Å². The van der Waals surface area contributed by atoms with Crippen LogP contribution in [-0.4, -0.2) is 40.2 Å². The number of aryl methyl sites for hydroxylation is 1. The van der Waals surface area contributed by atoms with Crippen LogP contribution in [0, 0.1) is 29.1 Å². The number of unbranched alkanes of at least 4 members (excludes halogenated alkanes) is 5. The second kappa shape index (κ2) is 15.0. The first-order chi connectivity index (χ1) is 21.4. The number of rotatable bonds is 12. The number of nitrogens with zero attached hydrogens (tertiary/aromatic N) is 1. The van der Waals surface area contributed by atoms with Crippen molar-refractivity contribution in [3.05, 3.63) is 64.7 Å². The number of aliphatic hydroxyl groups is 1. The van der Waals surface area contributed by atoms with Gasteiger partial charge in [-0.05, 0) is 128 Å². The maximum atomic E-state index is 12.7. The zero-order chi connectivity index (χ0) is 31.1. The molecule has 4 heteroatoms. The lowest BCUT2D eigenvalue weighted by Crippen LogP contribution is -2.47. The molecule has 238 valence electrons. The molecule has 2 N–H and O–H groups in total. The second-order valence-electron chi connectivity index (χ2n) is 14.2. The first-order valence-corrected chi connectivity index (χ1v) is 17.7. The Morgan fingerprint density at radius 1 is 0.955 bits per heavy atom. The zero-order valence-electron chi connectivity index (χ0n) is 27.5. The van der Waals surface area contributed by atoms with E-state index in [9.17, 15) is 15.0 Å². The molecule has 3 aliphatic rings. The van der Waals surface area contributed by atoms with Crippen LogP contribution in [0.15, 0.2) is 42.5 Å². The largest absolute Gasteiger partial charge is 0.508 e. The van der Waals surface area contributed by atoms with Crippen LogP contribution in [0.5, 0.6) is 5.75 Å². The molecule has 1 amide bonds. The van der Waals surface area contributed by atoms with E-state index in [-0.39, 0.29) is 11.5 Å². The van der Waals surface area contributed by atoms with E-state index in [1.165, 1.54) is 16.7 Å². The number of amides is 1. The van der Waals surface area contributed by atoms with Crippen molar-refractivity contribution in [3.63, 3.8) is 0 Å². The molecular weight excluding hydrogens is 542 g/mol. The molecule has 0 unspecified atom stereocenters. The zero-order valence-corrected chi connectivity index (χ0v) is 27.5. The Labute approximate surface area is 266 Å². The molecule has 5 rings (SSSR count). The molecule has 0 heterocycles. The minimum absolute atomic E-state index is 0.0351. The quantitative estimate of drug-likeness (QED) is 0.190. The van der Waals surface area contributed by atoms with Gasteiger partial charge in [0.25, 0.3) is 0 Å². The third-order valence-electron chi connectivity index (χ3n) is 11.3. The summed E-state index contributed by atoms with van der Waals surface area (Å²) in [6.45, 7) is 8.52. The van der Waals surface area contributed by atoms with Gasteiger partial charge in [0.1, 0.15) is 5.75 Å². The summed E-state index contributed by atoms with van der Waals surface area (Å²) >= 11 is 0. The highest BCUT2D eigenvalue weighted by molar-refractivity contribution is 5.76. The predicted molar refractivity (Wildman–Crippen MR) is 180 cm³/mol. The third-order valence-corrected chi connectivity index (χ3v) is 11.3. The van der Waals surface area contributed by atoms with Gasteiger partial charge in [0.2, 0.25) is 5.91 Å². The maximum Gasteiger partial charge on any atom is 0.222 e. The average Bonchev–Trinajstić information content (AvgIpc) is 3.33. The number of hydrogen-bond donors (Lipinski definition) is 2. The summed E-state index contributed by atoms with van der Waals surface area (Å²) in [5, 5.41) is 21.3. The number of hydrogen-bond acceptors (Lipinski definition) is 3. The van der Waals surface area contributed by atoms with Gasteiger partial charge in [-0.2, -0.15) is 0 Å². The van der Waals surface area contributed by atoms with Crippen molar-refractivity contribution in [2.24, 2.45) is 17.3 Å². The molecule has 2 saturated carbocycles. The summed E-state index contributed by atoms with van der Waals surface area (Å²) in [5.41, 5.74) is 5.08. The van der Waals surface area contributed by atoms with E-state index in [1.807, 2.05) is 12.1 Å². The molecule has 0 aromatic heterocycles. The summed E-state index contributed by atoms with van der Waals surface area (Å²) in [5.74, 6) is 9.34. The van der Waals surface area contributed by atoms with Gasteiger partial charge in [-0.3, -0.25) is 4.79 Å². The molecule has 3 aliphatic carbocycles. The smallest absolute Gasteiger partial charge is 0.222 e. The average molecular weight is 598 g/mol. The topological polar surface area (TPSA) is 60.8 Å². The second-order valence-corrected chi connectivity index (χ2v) is 14.2. The number of carbonyl (C=O) groups is 1. The summed E-state index contributed by atoms with van der Waals surface area (Å²) in [6, 6.07) is 14.9. The van der Waals surface area contributed by atoms with Crippen LogP contribution in [0.25, 0.3) is 0 Å². The molecular formula is C40H55NO3. The van der Waals surface area contributed by atoms with Crippen LogP contribution in [-0.2, 0) is 11.2 Å². The van der Waals surface area contributed by atoms with Gasteiger partial charge in [0, 0.05) is 31.5 Å². The molecule has 0 aliphatic heterocycles. The van der Waals surface area contributed by atoms with Crippen LogP contribution in [0.3, 0.4) is 0 Å². The SMILES string of the molecule is CCCCN(CCCC)C(=O)CCCCCC#Cc1ccc([C@H]2C[C@]3(C)[C@@H](O)CC[C@H]3[C@@H]3CCc4cc(O)ccc4[C@H]32)cc1. The predicted octanol–water partition coefficient (Wildman–Crippen LogP) is 8.73. The first-order valence-electron chi connectivity index (χ1n) is 17.7. The van der Waals surface area contributed by atoms with Gasteiger partial charge in [0.05, 0.1) is 6.10 Å². The van der Waals surface area contributed by atoms with Gasteiger partial charge in [-0.1, -0.05) is 70.1 Å². The number of phenols is 1. The number of phenolic OH excluding ortho intramolecular Hbond substituents is 1. The summed E-state index contributed by atoms with van der Waals surface area (Å²) in [6.07, 6.45) is 14.0. The summed E-state index contributed by atoms with van der Waals surface area (Å²) < 4.78 is 0. The maximum absolute atomic E-state index is 12.7. The standard InChI is InChI=1S/C40H55NO3/c1-4-6-25-41(26-7-5-2)38(44)14-12-10-8-9-11-13-29-15-17-30(18-16-29)35-28-40(3)36(23-24-37(40)43)34-21-19-31-27-32(42)20-22-33(31)39(34)35/h15-18,20,22,27,34-37,39,42-43H,4-10,12,14,19,21,23-26,28H2,1-3H3/t34-,35+,36-,37-,39+,40-/m0/s1. The van der Waals surface area contributed by atoms with Crippen LogP contribution in [0.1, 0.15) is 138 Å². The van der Waals surface area contributed by atoms with Gasteiger partial charge in [0.15, 0.2) is 0 Å². The van der Waals surface area contributed by atoms with Crippen molar-refractivity contribution in [2.45, 2.75) is 129 Å². The molecule has 0 bridgehead atoms. The Hall–Kier alpha value is -2.77. The molecule has 0 saturated heterocycles. The highest BCUT2D eigenvalue weighted by atomic mass is 16.3. The molecule has 2 aromatic rings. The molecule has 4 nitrogen and oxygen atoms in total. The molecule has 6 atom stereocenters. The van der Waals surface area contributed by atoms with Crippen molar-refractivity contribution in [3.8, 4) is 17.6 Å². The summed E-state index contributed by atoms with van der Waals surface area (Å²) in [7, 11) is 0. The van der Waals surface area contributed by atoms with E-state index >= 15 is 0 Å². The molecule has 2 aromatic carbocycles. The van der Waals surface area contributed by atoms with Gasteiger partial charge < -0.3 is 15.1 Å². The lowest BCUT2D eigenvalue weighted by atomic mass is 9.51. The lowest BCUT2D eigenvalue weighted by Gasteiger charge is -2.54. The van der Waals surface area contributed by atoms with E-state index in [0.29, 0.717) is 41.7 Å². The minimum atomic E-state index is -0.221. The van der Waals surface area contributed by atoms with Crippen molar-refractivity contribution in [1.29, 1.82) is 0 Å². The fourth-order valence-electron chi connectivity index (χ4n) is 8.86. The Morgan fingerprint density at radius 2 is 1.70 bits per heavy atom. The number of fused-ring (bicyclic) bond motifs is 5. The highest BCUT2D eigenvalue weighted by Gasteiger charge is 2.57. The van der Waals surface area contributed by atoms with Crippen molar-refractivity contribution in [2.75, 3.05) is 13.1 Å². The van der Waals surface area contributed by atoms with Crippen LogP contribution in [0.2, 0.25) is 0 Å². The summed E-state index contributed by atoms with van der Waals surface area (Å²) in [4.78, 5) is 14.8. The first kappa shape index (κ1) is 32.6. The van der Waals surface area contributed by atoms with Crippen LogP contribution >= 0.6 is 0 Å². The van der Waals surface area contributed by atoms with E-state index in [2.05, 4.69) is 67.8 Å². The van der Waals surface area contributed by atoms with Crippen LogP contribution in [0.4, 0.5) is 0 Å². The lowest BCUT2D eigenvalue weighted by molar-refractivity contribution is -0.131. The molecule has 44 heavy (non-hydrogen) atoms. The number of aliphatic hydroxyl groups excluding tert-OH is 1. The minimum Gasteiger partial charge on any atom is -0.508 e. The van der Waals surface area contributed by atoms with Crippen molar-refractivity contribution >= 4 is 5.91 Å². The molecule has 0 radical (unpaired) electrons. The monoisotopic (exact) mass is 597 g/mol. The van der Waals surface area contributed by atoms with Gasteiger partial charge in [-0.15, -0.1) is 0 Å². The van der Waals surface area contributed by atoms with E-state index in [4.69, 9.17) is 0 Å². The number of benzene rings is 2. The van der Waals surface area contributed by atoms with Gasteiger partial charge in [-0.25, -0.2) is 0 Å². The Balaban J connectivity index is 1.18. The number of aromatic hydroxyl groups is 1. The van der Waals surface area contributed by atoms with E-state index < -0.39 is 0 Å². The normalized spacial score (nSPS) is 27.0. The fraction of sp³-hybridized carbons (Fsp3) is 0.625. The fourth-order valence-corrected chi connectivity index (χ4v) is 8.86. The number of carbonyl (C=O) groups excluding carboxylic acids is 1. The molecule has 0 spiro atoms. The van der Waals surface area contributed by atoms with Gasteiger partial charge >= 0.3 is 0 Å². The van der Waals surface area contributed by atoms with Crippen LogP contribution < -0.4 is 0 Å². The third kappa shape index (κ3) is 7.20. The molecule has 2 fully saturated rings.